The number of likely N-dealkylation sites (N-methyl/N-ethyl adjacent to an activating group) is 1. The maximum atomic E-state index is 5.84. The highest BCUT2D eigenvalue weighted by molar-refractivity contribution is 5.26. The molecular weight excluding hydrogens is 234 g/mol. The van der Waals surface area contributed by atoms with E-state index >= 15 is 0 Å². The van der Waals surface area contributed by atoms with Crippen molar-refractivity contribution in [2.45, 2.75) is 44.4 Å². The number of benzene rings is 1. The fourth-order valence-electron chi connectivity index (χ4n) is 3.67. The van der Waals surface area contributed by atoms with Gasteiger partial charge in [0, 0.05) is 38.3 Å². The first kappa shape index (κ1) is 13.1. The Morgan fingerprint density at radius 3 is 2.63 bits per heavy atom. The third-order valence-corrected chi connectivity index (χ3v) is 4.96. The van der Waals surface area contributed by atoms with E-state index in [4.69, 9.17) is 5.73 Å². The molecule has 2 bridgehead atoms. The fraction of sp³-hybridized carbons (Fsp3) is 0.625. The van der Waals surface area contributed by atoms with Crippen LogP contribution in [0.1, 0.15) is 30.4 Å². The lowest BCUT2D eigenvalue weighted by atomic mass is 10.0. The molecule has 1 aromatic carbocycles. The van der Waals surface area contributed by atoms with Gasteiger partial charge in [0.1, 0.15) is 0 Å². The molecule has 3 heteroatoms. The molecule has 3 rings (SSSR count). The lowest BCUT2D eigenvalue weighted by molar-refractivity contribution is 0.214. The summed E-state index contributed by atoms with van der Waals surface area (Å²) in [6, 6.07) is 10.2. The number of hydrogen-bond acceptors (Lipinski definition) is 3. The third-order valence-electron chi connectivity index (χ3n) is 4.96. The predicted molar refractivity (Wildman–Crippen MR) is 78.8 cm³/mol. The van der Waals surface area contributed by atoms with Crippen molar-refractivity contribution in [1.29, 1.82) is 0 Å². The Bertz CT molecular complexity index is 432. The molecule has 2 unspecified atom stereocenters. The quantitative estimate of drug-likeness (QED) is 0.898. The van der Waals surface area contributed by atoms with E-state index in [0.717, 1.165) is 18.6 Å². The van der Waals surface area contributed by atoms with E-state index in [2.05, 4.69) is 41.1 Å². The van der Waals surface area contributed by atoms with E-state index < -0.39 is 0 Å². The van der Waals surface area contributed by atoms with Crippen molar-refractivity contribution in [2.24, 2.45) is 5.73 Å². The van der Waals surface area contributed by atoms with Gasteiger partial charge in [0.2, 0.25) is 0 Å². The third kappa shape index (κ3) is 2.69. The van der Waals surface area contributed by atoms with Gasteiger partial charge in [0.25, 0.3) is 0 Å². The molecule has 2 atom stereocenters. The molecule has 2 N–H and O–H groups in total. The van der Waals surface area contributed by atoms with Crippen LogP contribution in [-0.4, -0.2) is 42.0 Å². The second-order valence-corrected chi connectivity index (χ2v) is 6.05. The zero-order chi connectivity index (χ0) is 13.2. The molecule has 19 heavy (non-hydrogen) atoms. The number of nitrogens with zero attached hydrogens (tertiary/aromatic N) is 2. The maximum Gasteiger partial charge on any atom is 0.0237 e. The highest BCUT2D eigenvalue weighted by atomic mass is 15.3. The molecule has 2 fully saturated rings. The van der Waals surface area contributed by atoms with Crippen LogP contribution in [0.25, 0.3) is 0 Å². The second-order valence-electron chi connectivity index (χ2n) is 6.05. The van der Waals surface area contributed by atoms with Gasteiger partial charge < -0.3 is 5.73 Å². The van der Waals surface area contributed by atoms with Crippen molar-refractivity contribution in [3.05, 3.63) is 35.4 Å². The number of likely N-dealkylation sites (tertiary alicyclic amines) is 1. The Balaban J connectivity index is 1.70. The van der Waals surface area contributed by atoms with Crippen LogP contribution in [0.3, 0.4) is 0 Å². The fourth-order valence-corrected chi connectivity index (χ4v) is 3.67. The van der Waals surface area contributed by atoms with Gasteiger partial charge in [-0.2, -0.15) is 0 Å². The number of nitrogens with two attached hydrogens (primary N) is 1. The number of fused-ring (bicyclic) bond motifs is 2. The summed E-state index contributed by atoms with van der Waals surface area (Å²) in [6.07, 6.45) is 4.09. The van der Waals surface area contributed by atoms with Crippen LogP contribution in [0, 0.1) is 0 Å². The molecule has 0 saturated carbocycles. The Labute approximate surface area is 116 Å². The molecule has 0 radical (unpaired) electrons. The summed E-state index contributed by atoms with van der Waals surface area (Å²) < 4.78 is 0. The second kappa shape index (κ2) is 5.61. The Morgan fingerprint density at radius 1 is 1.11 bits per heavy atom. The largest absolute Gasteiger partial charge is 0.326 e. The van der Waals surface area contributed by atoms with Gasteiger partial charge in [-0.05, 0) is 37.4 Å². The lowest BCUT2D eigenvalue weighted by Crippen LogP contribution is -2.36. The molecule has 2 saturated heterocycles. The van der Waals surface area contributed by atoms with Crippen LogP contribution in [0.4, 0.5) is 0 Å². The van der Waals surface area contributed by atoms with Crippen LogP contribution in [0.2, 0.25) is 0 Å². The number of rotatable bonds is 3. The summed E-state index contributed by atoms with van der Waals surface area (Å²) in [7, 11) is 2.31. The first-order valence-electron chi connectivity index (χ1n) is 7.49. The Hall–Kier alpha value is -0.900. The molecule has 3 nitrogen and oxygen atoms in total. The highest BCUT2D eigenvalue weighted by Gasteiger charge is 2.34. The molecular formula is C16H25N3. The molecule has 0 spiro atoms. The summed E-state index contributed by atoms with van der Waals surface area (Å²) in [5, 5.41) is 0. The van der Waals surface area contributed by atoms with Gasteiger partial charge in [0.05, 0.1) is 0 Å². The van der Waals surface area contributed by atoms with Crippen molar-refractivity contribution in [2.75, 3.05) is 20.1 Å². The minimum Gasteiger partial charge on any atom is -0.326 e. The van der Waals surface area contributed by atoms with Crippen molar-refractivity contribution in [1.82, 2.24) is 9.80 Å². The van der Waals surface area contributed by atoms with Crippen molar-refractivity contribution in [3.63, 3.8) is 0 Å². The van der Waals surface area contributed by atoms with Gasteiger partial charge >= 0.3 is 0 Å². The van der Waals surface area contributed by atoms with E-state index in [1.807, 2.05) is 0 Å². The van der Waals surface area contributed by atoms with Gasteiger partial charge in [-0.3, -0.25) is 9.80 Å². The smallest absolute Gasteiger partial charge is 0.0237 e. The van der Waals surface area contributed by atoms with Crippen LogP contribution in [0.5, 0.6) is 0 Å². The van der Waals surface area contributed by atoms with E-state index in [1.54, 1.807) is 0 Å². The van der Waals surface area contributed by atoms with Gasteiger partial charge in [-0.15, -0.1) is 0 Å². The summed E-state index contributed by atoms with van der Waals surface area (Å²) in [5.74, 6) is 0. The average Bonchev–Trinajstić information content (AvgIpc) is 2.68. The zero-order valence-corrected chi connectivity index (χ0v) is 11.9. The molecule has 2 aliphatic rings. The van der Waals surface area contributed by atoms with E-state index in [0.29, 0.717) is 6.54 Å². The molecule has 1 aromatic rings. The van der Waals surface area contributed by atoms with Crippen LogP contribution < -0.4 is 5.73 Å². The minimum atomic E-state index is 0.649. The van der Waals surface area contributed by atoms with Crippen LogP contribution in [-0.2, 0) is 13.1 Å². The van der Waals surface area contributed by atoms with Crippen molar-refractivity contribution in [3.8, 4) is 0 Å². The predicted octanol–water partition coefficient (Wildman–Crippen LogP) is 1.81. The summed E-state index contributed by atoms with van der Waals surface area (Å²) in [6.45, 7) is 4.15. The molecule has 0 aromatic heterocycles. The standard InChI is InChI=1S/C16H25N3/c1-18-15-6-7-16(18)12-19(9-8-15)11-14-5-3-2-4-13(14)10-17/h2-5,15-16H,6-12,17H2,1H3. The van der Waals surface area contributed by atoms with E-state index in [-0.39, 0.29) is 0 Å². The first-order chi connectivity index (χ1) is 9.28. The van der Waals surface area contributed by atoms with Crippen molar-refractivity contribution >= 4 is 0 Å². The van der Waals surface area contributed by atoms with Gasteiger partial charge in [-0.1, -0.05) is 24.3 Å². The molecule has 0 amide bonds. The summed E-state index contributed by atoms with van der Waals surface area (Å²) >= 11 is 0. The van der Waals surface area contributed by atoms with E-state index in [9.17, 15) is 0 Å². The van der Waals surface area contributed by atoms with Crippen LogP contribution in [0.15, 0.2) is 24.3 Å². The molecule has 0 aliphatic carbocycles. The normalized spacial score (nSPS) is 28.5. The monoisotopic (exact) mass is 259 g/mol. The zero-order valence-electron chi connectivity index (χ0n) is 11.9. The van der Waals surface area contributed by atoms with Gasteiger partial charge in [0.15, 0.2) is 0 Å². The molecule has 2 heterocycles. The highest BCUT2D eigenvalue weighted by Crippen LogP contribution is 2.29. The minimum absolute atomic E-state index is 0.649. The van der Waals surface area contributed by atoms with E-state index in [1.165, 1.54) is 43.5 Å². The molecule has 104 valence electrons. The Kier molecular flexibility index (Phi) is 3.87. The summed E-state index contributed by atoms with van der Waals surface area (Å²) in [5.41, 5.74) is 8.55. The number of hydrogen-bond donors (Lipinski definition) is 1. The average molecular weight is 259 g/mol. The molecule has 2 aliphatic heterocycles. The lowest BCUT2D eigenvalue weighted by Gasteiger charge is -2.26. The SMILES string of the molecule is CN1C2CCC1CN(Cc1ccccc1CN)CC2. The summed E-state index contributed by atoms with van der Waals surface area (Å²) in [4.78, 5) is 5.23. The van der Waals surface area contributed by atoms with Crippen LogP contribution >= 0.6 is 0 Å². The van der Waals surface area contributed by atoms with Gasteiger partial charge in [-0.25, -0.2) is 0 Å². The topological polar surface area (TPSA) is 32.5 Å². The van der Waals surface area contributed by atoms with Crippen molar-refractivity contribution < 1.29 is 0 Å². The Morgan fingerprint density at radius 2 is 1.84 bits per heavy atom. The first-order valence-corrected chi connectivity index (χ1v) is 7.49. The maximum absolute atomic E-state index is 5.84.